The largest absolute Gasteiger partial charge is 0.497 e. The fourth-order valence-corrected chi connectivity index (χ4v) is 4.35. The monoisotopic (exact) mass is 473 g/mol. The molecule has 2 amide bonds. The van der Waals surface area contributed by atoms with E-state index in [9.17, 15) is 9.59 Å². The van der Waals surface area contributed by atoms with Gasteiger partial charge >= 0.3 is 0 Å². The molecule has 1 N–H and O–H groups in total. The van der Waals surface area contributed by atoms with E-state index in [0.29, 0.717) is 50.3 Å². The number of hydrogen-bond acceptors (Lipinski definition) is 7. The molecule has 0 saturated carbocycles. The number of aromatic nitrogens is 2. The normalized spacial score (nSPS) is 15.2. The molecule has 2 aliphatic rings. The number of morpholine rings is 1. The molecule has 2 aromatic carbocycles. The van der Waals surface area contributed by atoms with Crippen molar-refractivity contribution in [3.05, 3.63) is 59.7 Å². The van der Waals surface area contributed by atoms with E-state index >= 15 is 0 Å². The second-order valence-electron chi connectivity index (χ2n) is 8.54. The number of rotatable bonds is 6. The molecule has 3 heterocycles. The number of carbonyl (C=O) groups is 2. The molecule has 0 atom stereocenters. The van der Waals surface area contributed by atoms with Gasteiger partial charge in [-0.25, -0.2) is 4.98 Å². The number of anilines is 3. The first kappa shape index (κ1) is 22.8. The van der Waals surface area contributed by atoms with Crippen molar-refractivity contribution in [2.45, 2.75) is 19.9 Å². The van der Waals surface area contributed by atoms with Crippen molar-refractivity contribution in [1.82, 2.24) is 9.97 Å². The molecule has 0 radical (unpaired) electrons. The summed E-state index contributed by atoms with van der Waals surface area (Å²) >= 11 is 0. The molecule has 9 heteroatoms. The SMILES string of the molecule is COc1ccc(CN2C(=O)Cc3c(-c4ccc(NC(C)=O)cc4)nc(N4CCOCC4)nc32)cc1. The average molecular weight is 474 g/mol. The smallest absolute Gasteiger partial charge is 0.233 e. The molecule has 1 saturated heterocycles. The highest BCUT2D eigenvalue weighted by Gasteiger charge is 2.34. The van der Waals surface area contributed by atoms with Gasteiger partial charge in [-0.3, -0.25) is 14.5 Å². The van der Waals surface area contributed by atoms with Gasteiger partial charge in [-0.1, -0.05) is 24.3 Å². The molecular formula is C26H27N5O4. The number of nitrogens with one attached hydrogen (secondary N) is 1. The molecule has 3 aromatic rings. The lowest BCUT2D eigenvalue weighted by atomic mass is 10.0. The summed E-state index contributed by atoms with van der Waals surface area (Å²) in [6.45, 7) is 4.47. The van der Waals surface area contributed by atoms with Crippen molar-refractivity contribution in [2.75, 3.05) is 48.5 Å². The van der Waals surface area contributed by atoms with Crippen LogP contribution in [0.2, 0.25) is 0 Å². The highest BCUT2D eigenvalue weighted by Crippen LogP contribution is 2.37. The standard InChI is InChI=1S/C26H27N5O4/c1-17(32)27-20-7-5-19(6-8-20)24-22-15-23(33)31(16-18-3-9-21(34-2)10-4-18)25(22)29-26(28-24)30-11-13-35-14-12-30/h3-10H,11-16H2,1-2H3,(H,27,32). The predicted octanol–water partition coefficient (Wildman–Crippen LogP) is 3.04. The van der Waals surface area contributed by atoms with Crippen LogP contribution in [-0.4, -0.2) is 55.2 Å². The number of ether oxygens (including phenoxy) is 2. The molecule has 5 rings (SSSR count). The van der Waals surface area contributed by atoms with Gasteiger partial charge < -0.3 is 19.7 Å². The van der Waals surface area contributed by atoms with E-state index in [0.717, 1.165) is 28.1 Å². The zero-order valence-electron chi connectivity index (χ0n) is 19.8. The van der Waals surface area contributed by atoms with Gasteiger partial charge in [-0.15, -0.1) is 0 Å². The minimum Gasteiger partial charge on any atom is -0.497 e. The van der Waals surface area contributed by atoms with Crippen LogP contribution in [0.5, 0.6) is 5.75 Å². The summed E-state index contributed by atoms with van der Waals surface area (Å²) in [4.78, 5) is 38.2. The number of carbonyl (C=O) groups excluding carboxylic acids is 2. The van der Waals surface area contributed by atoms with Gasteiger partial charge in [-0.2, -0.15) is 4.98 Å². The van der Waals surface area contributed by atoms with Crippen LogP contribution in [0.3, 0.4) is 0 Å². The summed E-state index contributed by atoms with van der Waals surface area (Å²) in [5, 5.41) is 2.78. The van der Waals surface area contributed by atoms with Crippen LogP contribution >= 0.6 is 0 Å². The summed E-state index contributed by atoms with van der Waals surface area (Å²) in [7, 11) is 1.63. The molecule has 9 nitrogen and oxygen atoms in total. The fraction of sp³-hybridized carbons (Fsp3) is 0.308. The molecule has 0 bridgehead atoms. The second-order valence-corrected chi connectivity index (χ2v) is 8.54. The Hall–Kier alpha value is -3.98. The van der Waals surface area contributed by atoms with Crippen molar-refractivity contribution in [2.24, 2.45) is 0 Å². The summed E-state index contributed by atoms with van der Waals surface area (Å²) < 4.78 is 10.8. The van der Waals surface area contributed by atoms with E-state index in [1.165, 1.54) is 6.92 Å². The number of methoxy groups -OCH3 is 1. The number of fused-ring (bicyclic) bond motifs is 1. The van der Waals surface area contributed by atoms with E-state index < -0.39 is 0 Å². The van der Waals surface area contributed by atoms with Crippen LogP contribution in [0.15, 0.2) is 48.5 Å². The molecule has 35 heavy (non-hydrogen) atoms. The quantitative estimate of drug-likeness (QED) is 0.588. The van der Waals surface area contributed by atoms with Crippen molar-refractivity contribution < 1.29 is 19.1 Å². The maximum Gasteiger partial charge on any atom is 0.233 e. The van der Waals surface area contributed by atoms with Gasteiger partial charge in [0.1, 0.15) is 11.6 Å². The first-order valence-corrected chi connectivity index (χ1v) is 11.6. The van der Waals surface area contributed by atoms with E-state index in [1.807, 2.05) is 48.5 Å². The molecule has 1 fully saturated rings. The molecule has 180 valence electrons. The van der Waals surface area contributed by atoms with E-state index in [2.05, 4.69) is 10.2 Å². The summed E-state index contributed by atoms with van der Waals surface area (Å²) in [5.74, 6) is 1.85. The average Bonchev–Trinajstić information content (AvgIpc) is 3.19. The van der Waals surface area contributed by atoms with Gasteiger partial charge in [-0.05, 0) is 29.8 Å². The number of nitrogens with zero attached hydrogens (tertiary/aromatic N) is 4. The van der Waals surface area contributed by atoms with Crippen molar-refractivity contribution in [3.8, 4) is 17.0 Å². The Morgan fingerprint density at radius 3 is 2.43 bits per heavy atom. The number of amides is 2. The van der Waals surface area contributed by atoms with Crippen molar-refractivity contribution in [1.29, 1.82) is 0 Å². The van der Waals surface area contributed by atoms with Crippen LogP contribution < -0.4 is 19.9 Å². The minimum absolute atomic E-state index is 0.0136. The number of benzene rings is 2. The van der Waals surface area contributed by atoms with Gasteiger partial charge in [0.25, 0.3) is 0 Å². The lowest BCUT2D eigenvalue weighted by Gasteiger charge is -2.28. The summed E-state index contributed by atoms with van der Waals surface area (Å²) in [6.07, 6.45) is 0.234. The highest BCUT2D eigenvalue weighted by atomic mass is 16.5. The Morgan fingerprint density at radius 2 is 1.77 bits per heavy atom. The Labute approximate surface area is 203 Å². The van der Waals surface area contributed by atoms with E-state index in [4.69, 9.17) is 19.4 Å². The van der Waals surface area contributed by atoms with Crippen LogP contribution in [0.4, 0.5) is 17.5 Å². The van der Waals surface area contributed by atoms with Gasteiger partial charge in [0.2, 0.25) is 17.8 Å². The summed E-state index contributed by atoms with van der Waals surface area (Å²) in [5.41, 5.74) is 4.10. The predicted molar refractivity (Wildman–Crippen MR) is 133 cm³/mol. The van der Waals surface area contributed by atoms with Gasteiger partial charge in [0.15, 0.2) is 0 Å². The van der Waals surface area contributed by atoms with Crippen LogP contribution in [0, 0.1) is 0 Å². The highest BCUT2D eigenvalue weighted by molar-refractivity contribution is 6.02. The van der Waals surface area contributed by atoms with Crippen LogP contribution in [0.25, 0.3) is 11.3 Å². The maximum absolute atomic E-state index is 13.2. The zero-order chi connectivity index (χ0) is 24.4. The Morgan fingerprint density at radius 1 is 1.06 bits per heavy atom. The third-order valence-electron chi connectivity index (χ3n) is 6.13. The van der Waals surface area contributed by atoms with Crippen molar-refractivity contribution >= 4 is 29.3 Å². The Kier molecular flexibility index (Phi) is 6.33. The third-order valence-corrected chi connectivity index (χ3v) is 6.13. The lowest BCUT2D eigenvalue weighted by molar-refractivity contribution is -0.117. The van der Waals surface area contributed by atoms with Crippen molar-refractivity contribution in [3.63, 3.8) is 0 Å². The second kappa shape index (κ2) is 9.71. The number of hydrogen-bond donors (Lipinski definition) is 1. The Bertz CT molecular complexity index is 1240. The molecule has 1 aromatic heterocycles. The van der Waals surface area contributed by atoms with Gasteiger partial charge in [0.05, 0.1) is 39.0 Å². The molecular weight excluding hydrogens is 446 g/mol. The van der Waals surface area contributed by atoms with E-state index in [-0.39, 0.29) is 18.2 Å². The van der Waals surface area contributed by atoms with Gasteiger partial charge in [0, 0.05) is 36.8 Å². The topological polar surface area (TPSA) is 96.9 Å². The Balaban J connectivity index is 1.54. The minimum atomic E-state index is -0.130. The van der Waals surface area contributed by atoms with Crippen LogP contribution in [-0.2, 0) is 27.3 Å². The zero-order valence-corrected chi connectivity index (χ0v) is 19.8. The molecule has 0 unspecified atom stereocenters. The fourth-order valence-electron chi connectivity index (χ4n) is 4.35. The maximum atomic E-state index is 13.2. The van der Waals surface area contributed by atoms with Crippen LogP contribution in [0.1, 0.15) is 18.1 Å². The first-order chi connectivity index (χ1) is 17.0. The lowest BCUT2D eigenvalue weighted by Crippen LogP contribution is -2.37. The third kappa shape index (κ3) is 4.81. The molecule has 0 aliphatic carbocycles. The summed E-state index contributed by atoms with van der Waals surface area (Å²) in [6, 6.07) is 15.2. The van der Waals surface area contributed by atoms with E-state index in [1.54, 1.807) is 12.0 Å². The molecule has 0 spiro atoms. The first-order valence-electron chi connectivity index (χ1n) is 11.6. The molecule has 2 aliphatic heterocycles.